The van der Waals surface area contributed by atoms with E-state index in [1.165, 1.54) is 0 Å². The first-order chi connectivity index (χ1) is 18.2. The first kappa shape index (κ1) is 23.9. The second-order valence-electron chi connectivity index (χ2n) is 8.40. The van der Waals surface area contributed by atoms with Crippen LogP contribution in [0.2, 0.25) is 5.02 Å². The van der Waals surface area contributed by atoms with Gasteiger partial charge in [-0.25, -0.2) is 9.97 Å². The van der Waals surface area contributed by atoms with Gasteiger partial charge in [-0.1, -0.05) is 90.1 Å². The van der Waals surface area contributed by atoms with Crippen molar-refractivity contribution in [1.29, 1.82) is 0 Å². The van der Waals surface area contributed by atoms with E-state index in [1.807, 2.05) is 60.7 Å². The van der Waals surface area contributed by atoms with E-state index in [9.17, 15) is 0 Å². The number of fused-ring (bicyclic) bond motifs is 1. The molecule has 0 radical (unpaired) electrons. The van der Waals surface area contributed by atoms with E-state index in [-0.39, 0.29) is 0 Å². The number of hydrogen-bond acceptors (Lipinski definition) is 6. The maximum absolute atomic E-state index is 6.37. The van der Waals surface area contributed by atoms with Crippen molar-refractivity contribution in [3.05, 3.63) is 101 Å². The van der Waals surface area contributed by atoms with Crippen molar-refractivity contribution < 1.29 is 0 Å². The molecular weight excluding hydrogens is 518 g/mol. The Morgan fingerprint density at radius 3 is 2.49 bits per heavy atom. The van der Waals surface area contributed by atoms with Gasteiger partial charge in [-0.3, -0.25) is 0 Å². The van der Waals surface area contributed by atoms with Crippen LogP contribution < -0.4 is 0 Å². The van der Waals surface area contributed by atoms with E-state index in [4.69, 9.17) is 21.6 Å². The summed E-state index contributed by atoms with van der Waals surface area (Å²) in [5.74, 6) is 1.54. The number of thiazole rings is 1. The van der Waals surface area contributed by atoms with Gasteiger partial charge in [0.25, 0.3) is 0 Å². The number of thioether (sulfide) groups is 1. The Labute approximate surface area is 228 Å². The smallest absolute Gasteiger partial charge is 0.191 e. The summed E-state index contributed by atoms with van der Waals surface area (Å²) in [5, 5.41) is 14.9. The van der Waals surface area contributed by atoms with Gasteiger partial charge in [-0.15, -0.1) is 21.5 Å². The zero-order chi connectivity index (χ0) is 25.2. The van der Waals surface area contributed by atoms with E-state index >= 15 is 0 Å². The molecular formula is C29H22ClN5S2. The first-order valence-corrected chi connectivity index (χ1v) is 14.2. The van der Waals surface area contributed by atoms with Crippen LogP contribution in [0.5, 0.6) is 0 Å². The molecule has 0 atom stereocenters. The summed E-state index contributed by atoms with van der Waals surface area (Å²) in [5.41, 5.74) is 5.92. The molecule has 0 fully saturated rings. The van der Waals surface area contributed by atoms with Crippen LogP contribution in [0.15, 0.2) is 95.5 Å². The molecule has 0 amide bonds. The fourth-order valence-corrected chi connectivity index (χ4v) is 6.41. The van der Waals surface area contributed by atoms with Crippen LogP contribution >= 0.6 is 34.7 Å². The molecule has 0 aliphatic carbocycles. The van der Waals surface area contributed by atoms with E-state index in [0.29, 0.717) is 10.8 Å². The molecule has 0 saturated heterocycles. The normalized spacial score (nSPS) is 11.3. The molecule has 6 rings (SSSR count). The quantitative estimate of drug-likeness (QED) is 0.191. The van der Waals surface area contributed by atoms with Crippen LogP contribution in [0.1, 0.15) is 12.6 Å². The van der Waals surface area contributed by atoms with Crippen LogP contribution in [-0.4, -0.2) is 24.7 Å². The predicted molar refractivity (Wildman–Crippen MR) is 154 cm³/mol. The number of halogens is 1. The lowest BCUT2D eigenvalue weighted by molar-refractivity contribution is 0.687. The number of hydrogen-bond donors (Lipinski definition) is 0. The topological polar surface area (TPSA) is 56.5 Å². The van der Waals surface area contributed by atoms with E-state index in [1.54, 1.807) is 23.1 Å². The molecule has 3 heterocycles. The Balaban J connectivity index is 1.33. The molecule has 0 aliphatic rings. The minimum Gasteiger partial charge on any atom is -0.302 e. The Morgan fingerprint density at radius 1 is 0.865 bits per heavy atom. The van der Waals surface area contributed by atoms with Crippen LogP contribution in [0.4, 0.5) is 0 Å². The molecule has 5 nitrogen and oxygen atoms in total. The Morgan fingerprint density at radius 2 is 1.65 bits per heavy atom. The first-order valence-electron chi connectivity index (χ1n) is 11.9. The van der Waals surface area contributed by atoms with Crippen molar-refractivity contribution in [2.75, 3.05) is 0 Å². The lowest BCUT2D eigenvalue weighted by atomic mass is 10.0. The van der Waals surface area contributed by atoms with E-state index < -0.39 is 0 Å². The van der Waals surface area contributed by atoms with Crippen molar-refractivity contribution in [2.45, 2.75) is 24.4 Å². The van der Waals surface area contributed by atoms with Gasteiger partial charge in [0.15, 0.2) is 11.0 Å². The van der Waals surface area contributed by atoms with Gasteiger partial charge >= 0.3 is 0 Å². The van der Waals surface area contributed by atoms with E-state index in [2.05, 4.69) is 51.3 Å². The highest BCUT2D eigenvalue weighted by Gasteiger charge is 2.18. The standard InChI is InChI=1S/C29H22ClN5S2/c1-2-35-27(23-16-26(19-10-4-3-5-11-19)32-25-15-9-7-12-21(23)25)33-34-29(35)37-18-20-17-36-28(31-20)22-13-6-8-14-24(22)30/h3-17H,2,18H2,1H3. The summed E-state index contributed by atoms with van der Waals surface area (Å²) in [7, 11) is 0. The van der Waals surface area contributed by atoms with Crippen molar-refractivity contribution in [1.82, 2.24) is 24.7 Å². The molecule has 3 aromatic heterocycles. The average Bonchev–Trinajstić information content (AvgIpc) is 3.59. The maximum atomic E-state index is 6.37. The van der Waals surface area contributed by atoms with Crippen LogP contribution in [0, 0.1) is 0 Å². The fourth-order valence-electron chi connectivity index (χ4n) is 4.27. The maximum Gasteiger partial charge on any atom is 0.191 e. The molecule has 0 N–H and O–H groups in total. The molecule has 182 valence electrons. The predicted octanol–water partition coefficient (Wildman–Crippen LogP) is 8.25. The summed E-state index contributed by atoms with van der Waals surface area (Å²) in [4.78, 5) is 9.73. The third-order valence-electron chi connectivity index (χ3n) is 6.06. The molecule has 6 aromatic rings. The van der Waals surface area contributed by atoms with Gasteiger partial charge in [-0.05, 0) is 25.1 Å². The molecule has 0 aliphatic heterocycles. The molecule has 3 aromatic carbocycles. The highest BCUT2D eigenvalue weighted by atomic mass is 35.5. The number of nitrogens with zero attached hydrogens (tertiary/aromatic N) is 5. The summed E-state index contributed by atoms with van der Waals surface area (Å²) in [6.07, 6.45) is 0. The lowest BCUT2D eigenvalue weighted by Crippen LogP contribution is -2.01. The zero-order valence-electron chi connectivity index (χ0n) is 20.0. The summed E-state index contributed by atoms with van der Waals surface area (Å²) in [6, 6.07) is 28.4. The Kier molecular flexibility index (Phi) is 6.74. The van der Waals surface area contributed by atoms with Crippen molar-refractivity contribution in [3.63, 3.8) is 0 Å². The van der Waals surface area contributed by atoms with Gasteiger partial charge in [0.05, 0.1) is 21.9 Å². The van der Waals surface area contributed by atoms with Crippen molar-refractivity contribution >= 4 is 45.6 Å². The molecule has 0 unspecified atom stereocenters. The van der Waals surface area contributed by atoms with Gasteiger partial charge in [0.2, 0.25) is 0 Å². The average molecular weight is 540 g/mol. The van der Waals surface area contributed by atoms with Crippen LogP contribution in [0.25, 0.3) is 44.1 Å². The van der Waals surface area contributed by atoms with Gasteiger partial charge in [0.1, 0.15) is 5.01 Å². The highest BCUT2D eigenvalue weighted by molar-refractivity contribution is 7.98. The van der Waals surface area contributed by atoms with Crippen LogP contribution in [-0.2, 0) is 12.3 Å². The van der Waals surface area contributed by atoms with E-state index in [0.717, 1.165) is 61.5 Å². The lowest BCUT2D eigenvalue weighted by Gasteiger charge is -2.11. The minimum atomic E-state index is 0.700. The zero-order valence-corrected chi connectivity index (χ0v) is 22.4. The van der Waals surface area contributed by atoms with Crippen molar-refractivity contribution in [2.24, 2.45) is 0 Å². The van der Waals surface area contributed by atoms with Crippen LogP contribution in [0.3, 0.4) is 0 Å². The van der Waals surface area contributed by atoms with Gasteiger partial charge in [0, 0.05) is 39.8 Å². The molecule has 37 heavy (non-hydrogen) atoms. The molecule has 0 bridgehead atoms. The second-order valence-corrected chi connectivity index (χ2v) is 10.6. The third-order valence-corrected chi connectivity index (χ3v) is 8.32. The third kappa shape index (κ3) is 4.78. The number of pyridine rings is 1. The summed E-state index contributed by atoms with van der Waals surface area (Å²) >= 11 is 9.62. The highest BCUT2D eigenvalue weighted by Crippen LogP contribution is 2.35. The number of para-hydroxylation sites is 1. The molecule has 8 heteroatoms. The fraction of sp³-hybridized carbons (Fsp3) is 0.103. The minimum absolute atomic E-state index is 0.700. The molecule has 0 saturated carbocycles. The Bertz CT molecular complexity index is 1690. The number of rotatable bonds is 7. The Hall–Kier alpha value is -3.52. The number of aromatic nitrogens is 5. The largest absolute Gasteiger partial charge is 0.302 e. The second kappa shape index (κ2) is 10.5. The van der Waals surface area contributed by atoms with Gasteiger partial charge < -0.3 is 4.57 Å². The van der Waals surface area contributed by atoms with Crippen molar-refractivity contribution in [3.8, 4) is 33.2 Å². The number of benzene rings is 3. The van der Waals surface area contributed by atoms with Gasteiger partial charge in [-0.2, -0.15) is 0 Å². The summed E-state index contributed by atoms with van der Waals surface area (Å²) < 4.78 is 2.17. The molecule has 0 spiro atoms. The monoisotopic (exact) mass is 539 g/mol. The summed E-state index contributed by atoms with van der Waals surface area (Å²) in [6.45, 7) is 2.88. The SMILES string of the molecule is CCn1c(SCc2csc(-c3ccccc3Cl)n2)nnc1-c1cc(-c2ccccc2)nc2ccccc12.